The van der Waals surface area contributed by atoms with Gasteiger partial charge in [-0.3, -0.25) is 0 Å². The molecular formula is C16H20N2O3. The van der Waals surface area contributed by atoms with Crippen molar-refractivity contribution in [3.8, 4) is 0 Å². The quantitative estimate of drug-likeness (QED) is 0.676. The molecule has 0 unspecified atom stereocenters. The van der Waals surface area contributed by atoms with Gasteiger partial charge in [-0.05, 0) is 44.2 Å². The van der Waals surface area contributed by atoms with E-state index in [0.29, 0.717) is 24.4 Å². The van der Waals surface area contributed by atoms with Crippen LogP contribution in [0.1, 0.15) is 28.8 Å². The number of carbonyl (C=O) groups excluding carboxylic acids is 1. The number of rotatable bonds is 5. The molecule has 0 aliphatic carbocycles. The molecule has 112 valence electrons. The fourth-order valence-electron chi connectivity index (χ4n) is 2.15. The molecule has 2 rings (SSSR count). The summed E-state index contributed by atoms with van der Waals surface area (Å²) in [6, 6.07) is 9.06. The number of ether oxygens (including phenoxy) is 1. The van der Waals surface area contributed by atoms with Gasteiger partial charge in [0.05, 0.1) is 24.4 Å². The highest BCUT2D eigenvalue weighted by Gasteiger charge is 2.17. The molecule has 0 radical (unpaired) electrons. The van der Waals surface area contributed by atoms with Crippen molar-refractivity contribution in [1.29, 1.82) is 0 Å². The maximum absolute atomic E-state index is 12.1. The van der Waals surface area contributed by atoms with Crippen LogP contribution in [0, 0.1) is 6.92 Å². The van der Waals surface area contributed by atoms with Gasteiger partial charge >= 0.3 is 5.97 Å². The largest absolute Gasteiger partial charge is 0.464 e. The number of aryl methyl sites for hydroxylation is 1. The van der Waals surface area contributed by atoms with E-state index in [1.54, 1.807) is 19.1 Å². The number of furan rings is 1. The molecule has 0 saturated carbocycles. The number of nitrogen functional groups attached to an aromatic ring is 1. The maximum atomic E-state index is 12.1. The molecule has 0 aliphatic rings. The summed E-state index contributed by atoms with van der Waals surface area (Å²) in [6.07, 6.45) is 0. The molecule has 0 atom stereocenters. The van der Waals surface area contributed by atoms with E-state index in [-0.39, 0.29) is 5.97 Å². The van der Waals surface area contributed by atoms with Crippen LogP contribution in [-0.2, 0) is 11.3 Å². The van der Waals surface area contributed by atoms with Crippen molar-refractivity contribution in [1.82, 2.24) is 0 Å². The Morgan fingerprint density at radius 2 is 2.10 bits per heavy atom. The van der Waals surface area contributed by atoms with E-state index in [2.05, 4.69) is 0 Å². The third-order valence-corrected chi connectivity index (χ3v) is 3.12. The van der Waals surface area contributed by atoms with Crippen LogP contribution in [0.4, 0.5) is 11.4 Å². The first-order valence-corrected chi connectivity index (χ1v) is 6.84. The number of anilines is 2. The Hall–Kier alpha value is -2.43. The number of benzene rings is 1. The fraction of sp³-hybridized carbons (Fsp3) is 0.312. The van der Waals surface area contributed by atoms with E-state index in [9.17, 15) is 4.79 Å². The summed E-state index contributed by atoms with van der Waals surface area (Å²) in [6.45, 7) is 4.56. The normalized spacial score (nSPS) is 10.4. The second kappa shape index (κ2) is 6.35. The molecule has 2 aromatic rings. The zero-order chi connectivity index (χ0) is 15.4. The second-order valence-corrected chi connectivity index (χ2v) is 4.87. The topological polar surface area (TPSA) is 68.7 Å². The summed E-state index contributed by atoms with van der Waals surface area (Å²) < 4.78 is 10.6. The van der Waals surface area contributed by atoms with Gasteiger partial charge in [0.15, 0.2) is 0 Å². The molecule has 2 N–H and O–H groups in total. The smallest absolute Gasteiger partial charge is 0.340 e. The highest BCUT2D eigenvalue weighted by molar-refractivity contribution is 5.97. The number of nitrogens with two attached hydrogens (primary N) is 1. The molecule has 0 fully saturated rings. The first kappa shape index (κ1) is 15.0. The van der Waals surface area contributed by atoms with Gasteiger partial charge in [-0.2, -0.15) is 0 Å². The molecular weight excluding hydrogens is 268 g/mol. The third kappa shape index (κ3) is 3.56. The van der Waals surface area contributed by atoms with Gasteiger partial charge in [-0.15, -0.1) is 0 Å². The first-order valence-electron chi connectivity index (χ1n) is 6.84. The molecule has 0 aliphatic heterocycles. The Balaban J connectivity index is 2.27. The predicted octanol–water partition coefficient (Wildman–Crippen LogP) is 2.98. The summed E-state index contributed by atoms with van der Waals surface area (Å²) in [5.41, 5.74) is 7.53. The lowest BCUT2D eigenvalue weighted by Gasteiger charge is -2.21. The molecule has 1 aromatic heterocycles. The Morgan fingerprint density at radius 3 is 2.71 bits per heavy atom. The van der Waals surface area contributed by atoms with Crippen LogP contribution in [0.5, 0.6) is 0 Å². The summed E-state index contributed by atoms with van der Waals surface area (Å²) in [5.74, 6) is 1.32. The van der Waals surface area contributed by atoms with E-state index in [0.717, 1.165) is 17.2 Å². The van der Waals surface area contributed by atoms with Crippen molar-refractivity contribution >= 4 is 17.3 Å². The van der Waals surface area contributed by atoms with E-state index < -0.39 is 0 Å². The lowest BCUT2D eigenvalue weighted by Crippen LogP contribution is -2.20. The Bertz CT molecular complexity index is 634. The monoisotopic (exact) mass is 288 g/mol. The highest BCUT2D eigenvalue weighted by Crippen LogP contribution is 2.25. The van der Waals surface area contributed by atoms with E-state index >= 15 is 0 Å². The van der Waals surface area contributed by atoms with Crippen LogP contribution in [0.2, 0.25) is 0 Å². The van der Waals surface area contributed by atoms with Gasteiger partial charge in [0, 0.05) is 12.7 Å². The third-order valence-electron chi connectivity index (χ3n) is 3.12. The number of esters is 1. The van der Waals surface area contributed by atoms with Crippen molar-refractivity contribution in [2.75, 3.05) is 24.3 Å². The zero-order valence-electron chi connectivity index (χ0n) is 12.6. The minimum Gasteiger partial charge on any atom is -0.464 e. The standard InChI is InChI=1S/C16H20N2O3/c1-4-20-16(19)14-9-12(17)6-8-15(14)18(3)10-13-7-5-11(2)21-13/h5-9H,4,10,17H2,1-3H3. The number of nitrogens with zero attached hydrogens (tertiary/aromatic N) is 1. The number of carbonyl (C=O) groups is 1. The van der Waals surface area contributed by atoms with Crippen molar-refractivity contribution in [3.05, 3.63) is 47.4 Å². The zero-order valence-corrected chi connectivity index (χ0v) is 12.6. The highest BCUT2D eigenvalue weighted by atomic mass is 16.5. The fourth-order valence-corrected chi connectivity index (χ4v) is 2.15. The SMILES string of the molecule is CCOC(=O)c1cc(N)ccc1N(C)Cc1ccc(C)o1. The molecule has 5 nitrogen and oxygen atoms in total. The van der Waals surface area contributed by atoms with Crippen molar-refractivity contribution in [3.63, 3.8) is 0 Å². The van der Waals surface area contributed by atoms with Gasteiger partial charge < -0.3 is 19.8 Å². The van der Waals surface area contributed by atoms with Gasteiger partial charge in [0.1, 0.15) is 11.5 Å². The lowest BCUT2D eigenvalue weighted by atomic mass is 10.1. The van der Waals surface area contributed by atoms with Gasteiger partial charge in [-0.25, -0.2) is 4.79 Å². The number of hydrogen-bond acceptors (Lipinski definition) is 5. The minimum absolute atomic E-state index is 0.328. The first-order chi connectivity index (χ1) is 10.0. The van der Waals surface area contributed by atoms with Crippen LogP contribution < -0.4 is 10.6 Å². The molecule has 5 heteroatoms. The Morgan fingerprint density at radius 1 is 1.33 bits per heavy atom. The molecule has 1 heterocycles. The molecule has 0 spiro atoms. The second-order valence-electron chi connectivity index (χ2n) is 4.87. The number of hydrogen-bond donors (Lipinski definition) is 1. The maximum Gasteiger partial charge on any atom is 0.340 e. The lowest BCUT2D eigenvalue weighted by molar-refractivity contribution is 0.0527. The molecule has 0 amide bonds. The molecule has 21 heavy (non-hydrogen) atoms. The van der Waals surface area contributed by atoms with Crippen LogP contribution >= 0.6 is 0 Å². The van der Waals surface area contributed by atoms with Crippen molar-refractivity contribution in [2.24, 2.45) is 0 Å². The summed E-state index contributed by atoms with van der Waals surface area (Å²) in [4.78, 5) is 14.0. The minimum atomic E-state index is -0.373. The molecule has 0 saturated heterocycles. The van der Waals surface area contributed by atoms with Crippen LogP contribution in [-0.4, -0.2) is 19.6 Å². The predicted molar refractivity (Wildman–Crippen MR) is 82.4 cm³/mol. The summed E-state index contributed by atoms with van der Waals surface area (Å²) in [5, 5.41) is 0. The van der Waals surface area contributed by atoms with Gasteiger partial charge in [0.2, 0.25) is 0 Å². The van der Waals surface area contributed by atoms with E-state index in [1.165, 1.54) is 0 Å². The summed E-state index contributed by atoms with van der Waals surface area (Å²) in [7, 11) is 1.89. The van der Waals surface area contributed by atoms with Crippen molar-refractivity contribution < 1.29 is 13.9 Å². The van der Waals surface area contributed by atoms with E-state index in [1.807, 2.05) is 37.1 Å². The van der Waals surface area contributed by atoms with E-state index in [4.69, 9.17) is 14.9 Å². The average molecular weight is 288 g/mol. The van der Waals surface area contributed by atoms with Crippen LogP contribution in [0.3, 0.4) is 0 Å². The molecule has 1 aromatic carbocycles. The van der Waals surface area contributed by atoms with Gasteiger partial charge in [-0.1, -0.05) is 0 Å². The van der Waals surface area contributed by atoms with Crippen LogP contribution in [0.15, 0.2) is 34.7 Å². The Kier molecular flexibility index (Phi) is 4.52. The van der Waals surface area contributed by atoms with Gasteiger partial charge in [0.25, 0.3) is 0 Å². The Labute approximate surface area is 124 Å². The van der Waals surface area contributed by atoms with Crippen LogP contribution in [0.25, 0.3) is 0 Å². The molecule has 0 bridgehead atoms. The summed E-state index contributed by atoms with van der Waals surface area (Å²) >= 11 is 0. The average Bonchev–Trinajstić information content (AvgIpc) is 2.84. The van der Waals surface area contributed by atoms with Crippen molar-refractivity contribution in [2.45, 2.75) is 20.4 Å².